The Morgan fingerprint density at radius 1 is 1.32 bits per heavy atom. The van der Waals surface area contributed by atoms with Crippen molar-refractivity contribution in [2.24, 2.45) is 5.92 Å². The van der Waals surface area contributed by atoms with Gasteiger partial charge in [0, 0.05) is 32.0 Å². The Morgan fingerprint density at radius 2 is 2.18 bits per heavy atom. The largest absolute Gasteiger partial charge is 0.378 e. The monoisotopic (exact) mass is 303 g/mol. The lowest BCUT2D eigenvalue weighted by atomic mass is 9.92. The molecule has 5 nitrogen and oxygen atoms in total. The number of pyridine rings is 1. The van der Waals surface area contributed by atoms with Crippen molar-refractivity contribution in [3.05, 3.63) is 30.1 Å². The van der Waals surface area contributed by atoms with Crippen LogP contribution in [-0.4, -0.2) is 66.6 Å². The van der Waals surface area contributed by atoms with Crippen molar-refractivity contribution < 1.29 is 9.53 Å². The van der Waals surface area contributed by atoms with Crippen molar-refractivity contribution in [1.82, 2.24) is 14.8 Å². The summed E-state index contributed by atoms with van der Waals surface area (Å²) in [5, 5.41) is 0. The summed E-state index contributed by atoms with van der Waals surface area (Å²) in [5.41, 5.74) is 1.30. The molecule has 0 radical (unpaired) electrons. The van der Waals surface area contributed by atoms with Crippen LogP contribution in [-0.2, 0) is 16.0 Å². The van der Waals surface area contributed by atoms with Crippen LogP contribution >= 0.6 is 0 Å². The number of aromatic nitrogens is 1. The summed E-state index contributed by atoms with van der Waals surface area (Å²) in [6, 6.07) is 4.14. The minimum atomic E-state index is 0.255. The molecule has 2 fully saturated rings. The standard InChI is InChI=1S/C17H25N3O2/c21-17(20-7-9-22-10-8-20)14-19-6-2-4-16(13-19)11-15-3-1-5-18-12-15/h1,3,5,12,16H,2,4,6-11,13-14H2. The molecule has 1 amide bonds. The van der Waals surface area contributed by atoms with Crippen molar-refractivity contribution in [2.75, 3.05) is 45.9 Å². The molecule has 1 aromatic rings. The number of hydrogen-bond acceptors (Lipinski definition) is 4. The summed E-state index contributed by atoms with van der Waals surface area (Å²) in [6.45, 7) is 5.45. The highest BCUT2D eigenvalue weighted by Gasteiger charge is 2.24. The van der Waals surface area contributed by atoms with Crippen LogP contribution in [0.4, 0.5) is 0 Å². The van der Waals surface area contributed by atoms with Crippen LogP contribution in [0.15, 0.2) is 24.5 Å². The van der Waals surface area contributed by atoms with Gasteiger partial charge in [-0.25, -0.2) is 0 Å². The van der Waals surface area contributed by atoms with Gasteiger partial charge in [0.15, 0.2) is 0 Å². The minimum Gasteiger partial charge on any atom is -0.378 e. The molecule has 0 aromatic carbocycles. The molecule has 1 aromatic heterocycles. The van der Waals surface area contributed by atoms with E-state index in [9.17, 15) is 4.79 Å². The summed E-state index contributed by atoms with van der Waals surface area (Å²) < 4.78 is 5.31. The number of rotatable bonds is 4. The van der Waals surface area contributed by atoms with Crippen LogP contribution < -0.4 is 0 Å². The molecule has 0 saturated carbocycles. The molecule has 1 atom stereocenters. The summed E-state index contributed by atoms with van der Waals surface area (Å²) in [6.07, 6.45) is 7.27. The van der Waals surface area contributed by atoms with Gasteiger partial charge in [0.05, 0.1) is 19.8 Å². The van der Waals surface area contributed by atoms with Gasteiger partial charge < -0.3 is 9.64 Å². The third-order valence-corrected chi connectivity index (χ3v) is 4.57. The molecule has 3 heterocycles. The second kappa shape index (κ2) is 7.70. The maximum atomic E-state index is 12.4. The van der Waals surface area contributed by atoms with E-state index in [0.29, 0.717) is 25.7 Å². The number of piperidine rings is 1. The Balaban J connectivity index is 1.48. The third-order valence-electron chi connectivity index (χ3n) is 4.57. The van der Waals surface area contributed by atoms with Crippen LogP contribution in [0.5, 0.6) is 0 Å². The summed E-state index contributed by atoms with van der Waals surface area (Å²) in [4.78, 5) is 20.8. The molecular weight excluding hydrogens is 278 g/mol. The van der Waals surface area contributed by atoms with Gasteiger partial charge in [-0.3, -0.25) is 14.7 Å². The predicted octanol–water partition coefficient (Wildman–Crippen LogP) is 1.19. The molecule has 0 N–H and O–H groups in total. The third kappa shape index (κ3) is 4.27. The minimum absolute atomic E-state index is 0.255. The molecule has 3 rings (SSSR count). The van der Waals surface area contributed by atoms with Crippen LogP contribution in [0.25, 0.3) is 0 Å². The van der Waals surface area contributed by atoms with Gasteiger partial charge in [0.1, 0.15) is 0 Å². The predicted molar refractivity (Wildman–Crippen MR) is 84.5 cm³/mol. The Bertz CT molecular complexity index is 474. The Hall–Kier alpha value is -1.46. The summed E-state index contributed by atoms with van der Waals surface area (Å²) in [5.74, 6) is 0.890. The number of hydrogen-bond donors (Lipinski definition) is 0. The number of likely N-dealkylation sites (tertiary alicyclic amines) is 1. The fourth-order valence-electron chi connectivity index (χ4n) is 3.42. The van der Waals surface area contributed by atoms with Gasteiger partial charge in [-0.05, 0) is 43.4 Å². The Morgan fingerprint density at radius 3 is 2.95 bits per heavy atom. The van der Waals surface area contributed by atoms with Gasteiger partial charge in [0.25, 0.3) is 0 Å². The molecule has 2 aliphatic rings. The molecule has 5 heteroatoms. The summed E-state index contributed by atoms with van der Waals surface area (Å²) in [7, 11) is 0. The molecule has 120 valence electrons. The van der Waals surface area contributed by atoms with E-state index in [1.165, 1.54) is 18.4 Å². The smallest absolute Gasteiger partial charge is 0.236 e. The van der Waals surface area contributed by atoms with E-state index in [-0.39, 0.29) is 5.91 Å². The maximum absolute atomic E-state index is 12.4. The van der Waals surface area contributed by atoms with Crippen LogP contribution in [0, 0.1) is 5.92 Å². The van der Waals surface area contributed by atoms with E-state index in [1.807, 2.05) is 23.4 Å². The lowest BCUT2D eigenvalue weighted by Crippen LogP contribution is -2.47. The summed E-state index contributed by atoms with van der Waals surface area (Å²) >= 11 is 0. The average Bonchev–Trinajstić information content (AvgIpc) is 2.57. The van der Waals surface area contributed by atoms with Crippen molar-refractivity contribution >= 4 is 5.91 Å². The number of ether oxygens (including phenoxy) is 1. The number of carbonyl (C=O) groups is 1. The van der Waals surface area contributed by atoms with E-state index in [4.69, 9.17) is 4.74 Å². The van der Waals surface area contributed by atoms with Gasteiger partial charge in [-0.2, -0.15) is 0 Å². The van der Waals surface area contributed by atoms with E-state index < -0.39 is 0 Å². The van der Waals surface area contributed by atoms with Crippen molar-refractivity contribution in [1.29, 1.82) is 0 Å². The molecule has 0 spiro atoms. The zero-order chi connectivity index (χ0) is 15.2. The van der Waals surface area contributed by atoms with Crippen LogP contribution in [0.3, 0.4) is 0 Å². The van der Waals surface area contributed by atoms with Gasteiger partial charge in [0.2, 0.25) is 5.91 Å². The molecule has 2 saturated heterocycles. The quantitative estimate of drug-likeness (QED) is 0.838. The lowest BCUT2D eigenvalue weighted by Gasteiger charge is -2.34. The second-order valence-corrected chi connectivity index (χ2v) is 6.30. The first-order valence-electron chi connectivity index (χ1n) is 8.28. The molecule has 22 heavy (non-hydrogen) atoms. The molecule has 2 aliphatic heterocycles. The molecule has 0 aliphatic carbocycles. The van der Waals surface area contributed by atoms with Gasteiger partial charge >= 0.3 is 0 Å². The normalized spacial score (nSPS) is 23.5. The molecule has 0 bridgehead atoms. The molecular formula is C17H25N3O2. The number of nitrogens with zero attached hydrogens (tertiary/aromatic N) is 3. The van der Waals surface area contributed by atoms with Gasteiger partial charge in [-0.1, -0.05) is 6.07 Å². The number of amides is 1. The van der Waals surface area contributed by atoms with E-state index in [1.54, 1.807) is 0 Å². The lowest BCUT2D eigenvalue weighted by molar-refractivity contribution is -0.136. The van der Waals surface area contributed by atoms with E-state index in [0.717, 1.165) is 32.6 Å². The second-order valence-electron chi connectivity index (χ2n) is 6.30. The SMILES string of the molecule is O=C(CN1CCCC(Cc2cccnc2)C1)N1CCOCC1. The van der Waals surface area contributed by atoms with Crippen LogP contribution in [0.1, 0.15) is 18.4 Å². The van der Waals surface area contributed by atoms with Gasteiger partial charge in [-0.15, -0.1) is 0 Å². The maximum Gasteiger partial charge on any atom is 0.236 e. The first-order chi connectivity index (χ1) is 10.8. The van der Waals surface area contributed by atoms with Crippen LogP contribution in [0.2, 0.25) is 0 Å². The fraction of sp³-hybridized carbons (Fsp3) is 0.647. The average molecular weight is 303 g/mol. The van der Waals surface area contributed by atoms with Crippen molar-refractivity contribution in [3.63, 3.8) is 0 Å². The molecule has 1 unspecified atom stereocenters. The first-order valence-corrected chi connectivity index (χ1v) is 8.28. The highest BCUT2D eigenvalue weighted by Crippen LogP contribution is 2.20. The number of morpholine rings is 1. The Kier molecular flexibility index (Phi) is 5.40. The fourth-order valence-corrected chi connectivity index (χ4v) is 3.42. The zero-order valence-electron chi connectivity index (χ0n) is 13.1. The topological polar surface area (TPSA) is 45.7 Å². The van der Waals surface area contributed by atoms with E-state index in [2.05, 4.69) is 16.0 Å². The highest BCUT2D eigenvalue weighted by molar-refractivity contribution is 5.78. The highest BCUT2D eigenvalue weighted by atomic mass is 16.5. The zero-order valence-corrected chi connectivity index (χ0v) is 13.1. The number of carbonyl (C=O) groups excluding carboxylic acids is 1. The van der Waals surface area contributed by atoms with Crippen molar-refractivity contribution in [2.45, 2.75) is 19.3 Å². The van der Waals surface area contributed by atoms with E-state index >= 15 is 0 Å². The Labute approximate surface area is 132 Å². The first kappa shape index (κ1) is 15.4. The van der Waals surface area contributed by atoms with Crippen molar-refractivity contribution in [3.8, 4) is 0 Å².